The van der Waals surface area contributed by atoms with Crippen LogP contribution in [0.3, 0.4) is 0 Å². The summed E-state index contributed by atoms with van der Waals surface area (Å²) < 4.78 is 6.83. The molecule has 0 heterocycles. The third-order valence-electron chi connectivity index (χ3n) is 4.72. The maximum atomic E-state index is 12.7. The zero-order chi connectivity index (χ0) is 21.6. The smallest absolute Gasteiger partial charge is 0.275 e. The van der Waals surface area contributed by atoms with Crippen molar-refractivity contribution in [1.82, 2.24) is 5.43 Å². The van der Waals surface area contributed by atoms with E-state index in [1.54, 1.807) is 24.3 Å². The van der Waals surface area contributed by atoms with Gasteiger partial charge < -0.3 is 9.84 Å². The number of rotatable bonds is 6. The molecule has 0 saturated carbocycles. The minimum atomic E-state index is -0.402. The van der Waals surface area contributed by atoms with Crippen molar-refractivity contribution in [2.24, 2.45) is 5.10 Å². The summed E-state index contributed by atoms with van der Waals surface area (Å²) in [6, 6.07) is 25.9. The Kier molecular flexibility index (Phi) is 6.29. The van der Waals surface area contributed by atoms with Gasteiger partial charge in [0.2, 0.25) is 0 Å². The summed E-state index contributed by atoms with van der Waals surface area (Å²) in [5.41, 5.74) is 4.41. The maximum Gasteiger partial charge on any atom is 0.275 e. The molecule has 0 spiro atoms. The molecule has 4 aromatic rings. The number of ether oxygens (including phenoxy) is 1. The minimum Gasteiger partial charge on any atom is -0.507 e. The van der Waals surface area contributed by atoms with Crippen LogP contribution in [0.1, 0.15) is 21.5 Å². The van der Waals surface area contributed by atoms with Gasteiger partial charge in [-0.1, -0.05) is 70.5 Å². The molecule has 31 heavy (non-hydrogen) atoms. The number of fused-ring (bicyclic) bond motifs is 1. The predicted molar refractivity (Wildman–Crippen MR) is 126 cm³/mol. The lowest BCUT2D eigenvalue weighted by Gasteiger charge is -2.11. The molecule has 2 N–H and O–H groups in total. The number of hydrogen-bond acceptors (Lipinski definition) is 4. The normalized spacial score (nSPS) is 11.0. The van der Waals surface area contributed by atoms with Crippen LogP contribution in [-0.4, -0.2) is 17.2 Å². The Balaban J connectivity index is 1.49. The lowest BCUT2D eigenvalue weighted by molar-refractivity contribution is 0.0950. The second kappa shape index (κ2) is 9.45. The van der Waals surface area contributed by atoms with Crippen molar-refractivity contribution in [3.05, 3.63) is 106 Å². The number of nitrogens with one attached hydrogen (secondary N) is 1. The van der Waals surface area contributed by atoms with Gasteiger partial charge in [-0.2, -0.15) is 5.10 Å². The molecule has 0 aromatic heterocycles. The van der Waals surface area contributed by atoms with E-state index < -0.39 is 5.91 Å². The van der Waals surface area contributed by atoms with Crippen LogP contribution in [-0.2, 0) is 6.61 Å². The summed E-state index contributed by atoms with van der Waals surface area (Å²) >= 11 is 3.44. The highest BCUT2D eigenvalue weighted by molar-refractivity contribution is 9.10. The number of carbonyl (C=O) groups is 1. The van der Waals surface area contributed by atoms with Crippen molar-refractivity contribution < 1.29 is 14.6 Å². The van der Waals surface area contributed by atoms with Gasteiger partial charge in [0.05, 0.1) is 11.8 Å². The number of para-hydroxylation sites is 1. The number of phenolic OH excluding ortho intramolecular Hbond substituents is 1. The van der Waals surface area contributed by atoms with E-state index in [2.05, 4.69) is 26.5 Å². The molecule has 154 valence electrons. The fraction of sp³-hybridized carbons (Fsp3) is 0.0400. The number of carbonyl (C=O) groups excluding carboxylic acids is 1. The molecular weight excluding hydrogens is 456 g/mol. The Morgan fingerprint density at radius 2 is 1.81 bits per heavy atom. The number of hydrazone groups is 1. The first-order valence-corrected chi connectivity index (χ1v) is 10.4. The van der Waals surface area contributed by atoms with E-state index in [-0.39, 0.29) is 5.75 Å². The number of benzene rings is 4. The van der Waals surface area contributed by atoms with Crippen LogP contribution in [0.2, 0.25) is 0 Å². The molecule has 0 aliphatic heterocycles. The van der Waals surface area contributed by atoms with E-state index in [1.807, 2.05) is 60.7 Å². The topological polar surface area (TPSA) is 70.9 Å². The molecule has 0 bridgehead atoms. The Bertz CT molecular complexity index is 1270. The van der Waals surface area contributed by atoms with Gasteiger partial charge in [0.25, 0.3) is 5.91 Å². The molecule has 0 radical (unpaired) electrons. The molecule has 0 saturated heterocycles. The van der Waals surface area contributed by atoms with Crippen molar-refractivity contribution >= 4 is 38.8 Å². The van der Waals surface area contributed by atoms with Crippen LogP contribution in [0.4, 0.5) is 0 Å². The average molecular weight is 475 g/mol. The summed E-state index contributed by atoms with van der Waals surface area (Å²) in [5.74, 6) is 0.151. The highest BCUT2D eigenvalue weighted by atomic mass is 79.9. The quantitative estimate of drug-likeness (QED) is 0.280. The summed E-state index contributed by atoms with van der Waals surface area (Å²) in [4.78, 5) is 12.7. The molecule has 4 aromatic carbocycles. The summed E-state index contributed by atoms with van der Waals surface area (Å²) in [6.45, 7) is 0.330. The van der Waals surface area contributed by atoms with E-state index in [0.29, 0.717) is 23.5 Å². The number of hydrogen-bond donors (Lipinski definition) is 2. The van der Waals surface area contributed by atoms with Crippen molar-refractivity contribution in [2.45, 2.75) is 6.61 Å². The average Bonchev–Trinajstić information content (AvgIpc) is 2.79. The third-order valence-corrected chi connectivity index (χ3v) is 5.22. The van der Waals surface area contributed by atoms with Crippen LogP contribution >= 0.6 is 15.9 Å². The molecule has 0 fully saturated rings. The summed E-state index contributed by atoms with van der Waals surface area (Å²) in [6.07, 6.45) is 1.44. The second-order valence-corrected chi connectivity index (χ2v) is 7.75. The van der Waals surface area contributed by atoms with Gasteiger partial charge in [-0.05, 0) is 46.7 Å². The predicted octanol–water partition coefficient (Wildman–Crippen LogP) is 5.65. The molecule has 0 unspecified atom stereocenters. The van der Waals surface area contributed by atoms with Crippen LogP contribution in [0.15, 0.2) is 94.5 Å². The van der Waals surface area contributed by atoms with Crippen LogP contribution in [0, 0.1) is 0 Å². The zero-order valence-corrected chi connectivity index (χ0v) is 18.0. The Hall–Kier alpha value is -3.64. The first kappa shape index (κ1) is 20.6. The lowest BCUT2D eigenvalue weighted by atomic mass is 10.0. The Morgan fingerprint density at radius 1 is 1.00 bits per heavy atom. The first-order valence-electron chi connectivity index (χ1n) is 9.62. The van der Waals surface area contributed by atoms with E-state index >= 15 is 0 Å². The van der Waals surface area contributed by atoms with Gasteiger partial charge in [-0.15, -0.1) is 0 Å². The number of amides is 1. The van der Waals surface area contributed by atoms with Crippen LogP contribution in [0.5, 0.6) is 11.5 Å². The van der Waals surface area contributed by atoms with Crippen molar-refractivity contribution in [1.29, 1.82) is 0 Å². The molecule has 4 rings (SSSR count). The van der Waals surface area contributed by atoms with Crippen LogP contribution in [0.25, 0.3) is 10.8 Å². The molecule has 0 atom stereocenters. The Labute approximate surface area is 188 Å². The van der Waals surface area contributed by atoms with Gasteiger partial charge in [0.1, 0.15) is 18.1 Å². The largest absolute Gasteiger partial charge is 0.507 e. The molecule has 0 aliphatic rings. The van der Waals surface area contributed by atoms with Crippen LogP contribution < -0.4 is 10.2 Å². The molecule has 1 amide bonds. The fourth-order valence-electron chi connectivity index (χ4n) is 3.20. The third kappa shape index (κ3) is 4.92. The highest BCUT2D eigenvalue weighted by Crippen LogP contribution is 2.25. The lowest BCUT2D eigenvalue weighted by Crippen LogP contribution is -2.18. The van der Waals surface area contributed by atoms with Crippen molar-refractivity contribution in [3.63, 3.8) is 0 Å². The monoisotopic (exact) mass is 474 g/mol. The van der Waals surface area contributed by atoms with Crippen molar-refractivity contribution in [3.8, 4) is 11.5 Å². The molecular formula is C25H19BrN2O3. The number of aromatic hydroxyl groups is 1. The minimum absolute atomic E-state index is 0.0921. The van der Waals surface area contributed by atoms with Crippen molar-refractivity contribution in [2.75, 3.05) is 0 Å². The zero-order valence-electron chi connectivity index (χ0n) is 16.5. The maximum absolute atomic E-state index is 12.7. The number of nitrogens with zero attached hydrogens (tertiary/aromatic N) is 1. The second-order valence-electron chi connectivity index (χ2n) is 6.83. The van der Waals surface area contributed by atoms with E-state index in [0.717, 1.165) is 20.8 Å². The molecule has 6 heteroatoms. The SMILES string of the molecule is O=C(NN=Cc1c(O)ccc2ccccc12)c1ccccc1OCc1cccc(Br)c1. The fourth-order valence-corrected chi connectivity index (χ4v) is 3.65. The van der Waals surface area contributed by atoms with Gasteiger partial charge in [0.15, 0.2) is 0 Å². The standard InChI is InChI=1S/C25H19BrN2O3/c26-19-8-5-6-17(14-19)16-31-24-11-4-3-10-21(24)25(30)28-27-15-22-20-9-2-1-7-18(20)12-13-23(22)29/h1-15,29H,16H2,(H,28,30). The highest BCUT2D eigenvalue weighted by Gasteiger charge is 2.12. The summed E-state index contributed by atoms with van der Waals surface area (Å²) in [5, 5.41) is 16.1. The first-order chi connectivity index (χ1) is 15.1. The summed E-state index contributed by atoms with van der Waals surface area (Å²) in [7, 11) is 0. The Morgan fingerprint density at radius 3 is 2.68 bits per heavy atom. The van der Waals surface area contributed by atoms with Gasteiger partial charge in [-0.25, -0.2) is 5.43 Å². The van der Waals surface area contributed by atoms with Gasteiger partial charge in [0, 0.05) is 10.0 Å². The number of halogens is 1. The van der Waals surface area contributed by atoms with Gasteiger partial charge in [-0.3, -0.25) is 4.79 Å². The van der Waals surface area contributed by atoms with Gasteiger partial charge >= 0.3 is 0 Å². The molecule has 0 aliphatic carbocycles. The van der Waals surface area contributed by atoms with E-state index in [4.69, 9.17) is 4.74 Å². The van der Waals surface area contributed by atoms with E-state index in [9.17, 15) is 9.90 Å². The number of phenols is 1. The molecule has 5 nitrogen and oxygen atoms in total. The van der Waals surface area contributed by atoms with E-state index in [1.165, 1.54) is 6.21 Å².